The zero-order valence-corrected chi connectivity index (χ0v) is 16.5. The summed E-state index contributed by atoms with van der Waals surface area (Å²) in [6.45, 7) is 6.91. The lowest BCUT2D eigenvalue weighted by Crippen LogP contribution is -2.36. The maximum absolute atomic E-state index is 13.0. The molecule has 0 N–H and O–H groups in total. The minimum atomic E-state index is -0.320. The van der Waals surface area contributed by atoms with Crippen LogP contribution >= 0.6 is 0 Å². The number of benzene rings is 1. The number of ether oxygens (including phenoxy) is 4. The van der Waals surface area contributed by atoms with E-state index in [1.165, 1.54) is 21.3 Å². The van der Waals surface area contributed by atoms with E-state index in [-0.39, 0.29) is 30.8 Å². The van der Waals surface area contributed by atoms with E-state index in [0.29, 0.717) is 36.0 Å². The molecule has 7 nitrogen and oxygen atoms in total. The summed E-state index contributed by atoms with van der Waals surface area (Å²) in [4.78, 5) is 26.3. The summed E-state index contributed by atoms with van der Waals surface area (Å²) in [6.07, 6.45) is 0.150. The van der Waals surface area contributed by atoms with Crippen molar-refractivity contribution in [1.29, 1.82) is 0 Å². The number of nitrogens with zero attached hydrogens (tertiary/aromatic N) is 1. The van der Waals surface area contributed by atoms with Gasteiger partial charge in [0.15, 0.2) is 11.5 Å². The Hall–Kier alpha value is -2.44. The van der Waals surface area contributed by atoms with Gasteiger partial charge in [-0.3, -0.25) is 9.59 Å². The first-order valence-electron chi connectivity index (χ1n) is 8.62. The van der Waals surface area contributed by atoms with E-state index in [9.17, 15) is 9.59 Å². The van der Waals surface area contributed by atoms with Crippen LogP contribution in [0.1, 0.15) is 37.6 Å². The van der Waals surface area contributed by atoms with Gasteiger partial charge in [-0.2, -0.15) is 0 Å². The third-order valence-corrected chi connectivity index (χ3v) is 3.68. The second-order valence-corrected chi connectivity index (χ2v) is 6.11. The number of carbonyl (C=O) groups excluding carboxylic acids is 2. The molecule has 0 heterocycles. The number of rotatable bonds is 10. The molecule has 0 bridgehead atoms. The molecule has 1 aromatic rings. The average Bonchev–Trinajstić information content (AvgIpc) is 2.63. The normalized spacial score (nSPS) is 10.4. The summed E-state index contributed by atoms with van der Waals surface area (Å²) in [6, 6.07) is 3.22. The monoisotopic (exact) mass is 367 g/mol. The minimum Gasteiger partial charge on any atom is -0.493 e. The van der Waals surface area contributed by atoms with Crippen LogP contribution in [0.25, 0.3) is 0 Å². The van der Waals surface area contributed by atoms with Crippen LogP contribution in [0.5, 0.6) is 17.2 Å². The van der Waals surface area contributed by atoms with Gasteiger partial charge < -0.3 is 23.8 Å². The zero-order valence-electron chi connectivity index (χ0n) is 16.5. The highest BCUT2D eigenvalue weighted by Crippen LogP contribution is 2.38. The Morgan fingerprint density at radius 1 is 1.04 bits per heavy atom. The maximum Gasteiger partial charge on any atom is 0.307 e. The molecule has 0 saturated heterocycles. The van der Waals surface area contributed by atoms with Crippen molar-refractivity contribution in [1.82, 2.24) is 4.90 Å². The Morgan fingerprint density at radius 3 is 2.04 bits per heavy atom. The van der Waals surface area contributed by atoms with Crippen LogP contribution in [0.15, 0.2) is 12.1 Å². The van der Waals surface area contributed by atoms with Crippen molar-refractivity contribution >= 4 is 11.9 Å². The number of hydrogen-bond donors (Lipinski definition) is 0. The largest absolute Gasteiger partial charge is 0.493 e. The fourth-order valence-corrected chi connectivity index (χ4v) is 2.56. The molecule has 0 spiro atoms. The molecule has 0 atom stereocenters. The first-order valence-corrected chi connectivity index (χ1v) is 8.62. The molecule has 0 aliphatic heterocycles. The van der Waals surface area contributed by atoms with Crippen LogP contribution in [-0.4, -0.2) is 57.8 Å². The second kappa shape index (κ2) is 10.5. The van der Waals surface area contributed by atoms with Crippen LogP contribution in [0.3, 0.4) is 0 Å². The molecule has 0 aromatic heterocycles. The zero-order chi connectivity index (χ0) is 19.7. The Balaban J connectivity index is 3.11. The number of esters is 1. The molecule has 0 saturated carbocycles. The van der Waals surface area contributed by atoms with Crippen LogP contribution in [0.2, 0.25) is 0 Å². The van der Waals surface area contributed by atoms with Crippen molar-refractivity contribution in [2.45, 2.75) is 27.2 Å². The summed E-state index contributed by atoms with van der Waals surface area (Å²) in [5, 5.41) is 0. The van der Waals surface area contributed by atoms with E-state index in [1.54, 1.807) is 24.0 Å². The number of hydrogen-bond acceptors (Lipinski definition) is 6. The van der Waals surface area contributed by atoms with Gasteiger partial charge in [0.2, 0.25) is 5.75 Å². The molecule has 7 heteroatoms. The molecule has 0 unspecified atom stereocenters. The van der Waals surface area contributed by atoms with Crippen molar-refractivity contribution in [3.8, 4) is 17.2 Å². The Labute approximate surface area is 155 Å². The molecular weight excluding hydrogens is 338 g/mol. The third kappa shape index (κ3) is 5.82. The highest BCUT2D eigenvalue weighted by Gasteiger charge is 2.22. The van der Waals surface area contributed by atoms with Gasteiger partial charge in [-0.05, 0) is 25.0 Å². The number of amides is 1. The summed E-state index contributed by atoms with van der Waals surface area (Å²) < 4.78 is 20.9. The smallest absolute Gasteiger partial charge is 0.307 e. The first kappa shape index (κ1) is 21.6. The van der Waals surface area contributed by atoms with Crippen LogP contribution in [0.4, 0.5) is 0 Å². The summed E-state index contributed by atoms with van der Waals surface area (Å²) in [5.41, 5.74) is 0.406. The molecule has 26 heavy (non-hydrogen) atoms. The van der Waals surface area contributed by atoms with E-state index in [4.69, 9.17) is 18.9 Å². The van der Waals surface area contributed by atoms with E-state index in [1.807, 2.05) is 13.8 Å². The topological polar surface area (TPSA) is 74.3 Å². The van der Waals surface area contributed by atoms with E-state index < -0.39 is 0 Å². The van der Waals surface area contributed by atoms with Crippen molar-refractivity contribution in [3.05, 3.63) is 17.7 Å². The van der Waals surface area contributed by atoms with Crippen LogP contribution in [0, 0.1) is 5.92 Å². The van der Waals surface area contributed by atoms with Crippen molar-refractivity contribution in [2.24, 2.45) is 5.92 Å². The lowest BCUT2D eigenvalue weighted by molar-refractivity contribution is -0.143. The number of methoxy groups -OCH3 is 3. The highest BCUT2D eigenvalue weighted by atomic mass is 16.5. The van der Waals surface area contributed by atoms with Gasteiger partial charge >= 0.3 is 5.97 Å². The first-order chi connectivity index (χ1) is 12.4. The molecule has 0 aliphatic carbocycles. The fraction of sp³-hybridized carbons (Fsp3) is 0.579. The summed E-state index contributed by atoms with van der Waals surface area (Å²) in [7, 11) is 4.50. The van der Waals surface area contributed by atoms with Crippen molar-refractivity contribution in [3.63, 3.8) is 0 Å². The van der Waals surface area contributed by atoms with E-state index in [0.717, 1.165) is 0 Å². The molecule has 0 aliphatic rings. The molecular formula is C19H29NO6. The van der Waals surface area contributed by atoms with Gasteiger partial charge in [-0.15, -0.1) is 0 Å². The Bertz CT molecular complexity index is 589. The van der Waals surface area contributed by atoms with Gasteiger partial charge in [0.05, 0.1) is 34.4 Å². The standard InChI is InChI=1S/C19H29NO6/c1-7-26-17(21)8-9-20(12-13(2)3)19(22)14-10-15(23-4)18(25-6)16(11-14)24-5/h10-11,13H,7-9,12H2,1-6H3. The molecule has 1 rings (SSSR count). The summed E-state index contributed by atoms with van der Waals surface area (Å²) >= 11 is 0. The third-order valence-electron chi connectivity index (χ3n) is 3.68. The lowest BCUT2D eigenvalue weighted by Gasteiger charge is -2.25. The SMILES string of the molecule is CCOC(=O)CCN(CC(C)C)C(=O)c1cc(OC)c(OC)c(OC)c1. The second-order valence-electron chi connectivity index (χ2n) is 6.11. The number of carbonyl (C=O) groups is 2. The molecule has 1 aromatic carbocycles. The van der Waals surface area contributed by atoms with E-state index in [2.05, 4.69) is 0 Å². The van der Waals surface area contributed by atoms with Crippen molar-refractivity contribution < 1.29 is 28.5 Å². The predicted octanol–water partition coefficient (Wildman–Crippen LogP) is 2.76. The highest BCUT2D eigenvalue weighted by molar-refractivity contribution is 5.96. The molecule has 0 radical (unpaired) electrons. The van der Waals surface area contributed by atoms with Crippen LogP contribution < -0.4 is 14.2 Å². The van der Waals surface area contributed by atoms with Gasteiger partial charge in [-0.25, -0.2) is 0 Å². The molecule has 1 amide bonds. The lowest BCUT2D eigenvalue weighted by atomic mass is 10.1. The summed E-state index contributed by atoms with van der Waals surface area (Å²) in [5.74, 6) is 0.966. The average molecular weight is 367 g/mol. The van der Waals surface area contributed by atoms with Crippen molar-refractivity contribution in [2.75, 3.05) is 41.0 Å². The molecule has 146 valence electrons. The van der Waals surface area contributed by atoms with Gasteiger partial charge in [0.25, 0.3) is 5.91 Å². The van der Waals surface area contributed by atoms with Crippen LogP contribution in [-0.2, 0) is 9.53 Å². The Kier molecular flexibility index (Phi) is 8.75. The van der Waals surface area contributed by atoms with E-state index >= 15 is 0 Å². The fourth-order valence-electron chi connectivity index (χ4n) is 2.56. The Morgan fingerprint density at radius 2 is 1.62 bits per heavy atom. The maximum atomic E-state index is 13.0. The van der Waals surface area contributed by atoms with Gasteiger partial charge in [0.1, 0.15) is 0 Å². The quantitative estimate of drug-likeness (QED) is 0.592. The van der Waals surface area contributed by atoms with Gasteiger partial charge in [0, 0.05) is 18.7 Å². The predicted molar refractivity (Wildman–Crippen MR) is 98.1 cm³/mol. The van der Waals surface area contributed by atoms with Gasteiger partial charge in [-0.1, -0.05) is 13.8 Å². The molecule has 0 fully saturated rings. The minimum absolute atomic E-state index is 0.150.